The van der Waals surface area contributed by atoms with Gasteiger partial charge in [-0.05, 0) is 43.7 Å². The molecule has 1 saturated carbocycles. The SMILES string of the molecule is COc1cccc(F)c1CC1CC2(C1)CN(C(=O)N1CC[C@@H]3OCC(=O)C[C@@H]3C1)C2. The van der Waals surface area contributed by atoms with E-state index in [1.54, 1.807) is 13.2 Å². The van der Waals surface area contributed by atoms with Gasteiger partial charge in [-0.1, -0.05) is 6.07 Å². The van der Waals surface area contributed by atoms with Crippen LogP contribution in [0.4, 0.5) is 9.18 Å². The molecule has 7 heteroatoms. The van der Waals surface area contributed by atoms with Crippen molar-refractivity contribution >= 4 is 11.8 Å². The van der Waals surface area contributed by atoms with Crippen LogP contribution >= 0.6 is 0 Å². The Kier molecular flexibility index (Phi) is 4.96. The molecule has 6 nitrogen and oxygen atoms in total. The predicted molar refractivity (Wildman–Crippen MR) is 108 cm³/mol. The molecule has 4 aliphatic rings. The number of carbonyl (C=O) groups excluding carboxylic acids is 2. The lowest BCUT2D eigenvalue weighted by Gasteiger charge is -2.60. The third kappa shape index (κ3) is 3.47. The highest BCUT2D eigenvalue weighted by Crippen LogP contribution is 2.53. The normalized spacial score (nSPS) is 28.0. The minimum atomic E-state index is -0.200. The molecule has 162 valence electrons. The van der Waals surface area contributed by atoms with Crippen LogP contribution < -0.4 is 4.74 Å². The second-order valence-corrected chi connectivity index (χ2v) is 9.62. The van der Waals surface area contributed by atoms with Gasteiger partial charge in [0.2, 0.25) is 0 Å². The zero-order valence-electron chi connectivity index (χ0n) is 17.4. The molecule has 4 fully saturated rings. The Labute approximate surface area is 176 Å². The quantitative estimate of drug-likeness (QED) is 0.760. The highest BCUT2D eigenvalue weighted by Gasteiger charge is 2.54. The van der Waals surface area contributed by atoms with Gasteiger partial charge >= 0.3 is 6.03 Å². The molecule has 1 aromatic carbocycles. The van der Waals surface area contributed by atoms with Gasteiger partial charge < -0.3 is 19.3 Å². The summed E-state index contributed by atoms with van der Waals surface area (Å²) in [6.45, 7) is 3.12. The average Bonchev–Trinajstić information content (AvgIpc) is 2.68. The van der Waals surface area contributed by atoms with Crippen LogP contribution in [0.25, 0.3) is 0 Å². The minimum Gasteiger partial charge on any atom is -0.496 e. The molecular weight excluding hydrogens is 387 g/mol. The number of Topliss-reactive ketones (excluding diaryl/α,β-unsaturated/α-hetero) is 1. The monoisotopic (exact) mass is 416 g/mol. The van der Waals surface area contributed by atoms with Crippen LogP contribution in [-0.4, -0.2) is 67.6 Å². The summed E-state index contributed by atoms with van der Waals surface area (Å²) in [5.41, 5.74) is 0.875. The van der Waals surface area contributed by atoms with E-state index in [1.165, 1.54) is 6.07 Å². The fourth-order valence-electron chi connectivity index (χ4n) is 6.03. The molecule has 5 rings (SSSR count). The molecule has 30 heavy (non-hydrogen) atoms. The van der Waals surface area contributed by atoms with Crippen molar-refractivity contribution in [3.8, 4) is 5.75 Å². The minimum absolute atomic E-state index is 0.0938. The van der Waals surface area contributed by atoms with Crippen molar-refractivity contribution in [3.05, 3.63) is 29.6 Å². The lowest BCUT2D eigenvalue weighted by atomic mass is 9.56. The van der Waals surface area contributed by atoms with Crippen LogP contribution in [-0.2, 0) is 16.0 Å². The molecule has 0 bridgehead atoms. The number of piperidine rings is 1. The van der Waals surface area contributed by atoms with Crippen LogP contribution in [0.5, 0.6) is 5.75 Å². The maximum atomic E-state index is 14.2. The Hall–Kier alpha value is -2.15. The van der Waals surface area contributed by atoms with Gasteiger partial charge in [-0.3, -0.25) is 4.79 Å². The molecule has 0 N–H and O–H groups in total. The Morgan fingerprint density at radius 1 is 1.30 bits per heavy atom. The zero-order valence-corrected chi connectivity index (χ0v) is 17.4. The highest BCUT2D eigenvalue weighted by atomic mass is 19.1. The van der Waals surface area contributed by atoms with Crippen molar-refractivity contribution in [2.75, 3.05) is 39.9 Å². The predicted octanol–water partition coefficient (Wildman–Crippen LogP) is 2.89. The van der Waals surface area contributed by atoms with E-state index < -0.39 is 0 Å². The Morgan fingerprint density at radius 3 is 2.87 bits per heavy atom. The first kappa shape index (κ1) is 19.8. The van der Waals surface area contributed by atoms with Crippen molar-refractivity contribution < 1.29 is 23.5 Å². The summed E-state index contributed by atoms with van der Waals surface area (Å²) >= 11 is 0. The summed E-state index contributed by atoms with van der Waals surface area (Å²) in [7, 11) is 1.58. The molecule has 1 aliphatic carbocycles. The van der Waals surface area contributed by atoms with Gasteiger partial charge in [0, 0.05) is 49.5 Å². The molecule has 2 atom stereocenters. The molecule has 3 aliphatic heterocycles. The number of ether oxygens (including phenoxy) is 2. The van der Waals surface area contributed by atoms with E-state index in [9.17, 15) is 14.0 Å². The van der Waals surface area contributed by atoms with Crippen molar-refractivity contribution in [3.63, 3.8) is 0 Å². The number of amides is 2. The van der Waals surface area contributed by atoms with E-state index in [0.29, 0.717) is 43.2 Å². The van der Waals surface area contributed by atoms with Crippen molar-refractivity contribution in [1.29, 1.82) is 0 Å². The smallest absolute Gasteiger partial charge is 0.320 e. The number of rotatable bonds is 3. The number of urea groups is 1. The largest absolute Gasteiger partial charge is 0.496 e. The van der Waals surface area contributed by atoms with Gasteiger partial charge in [-0.25, -0.2) is 9.18 Å². The van der Waals surface area contributed by atoms with Gasteiger partial charge in [0.05, 0.1) is 13.2 Å². The van der Waals surface area contributed by atoms with Crippen LogP contribution in [0.1, 0.15) is 31.2 Å². The number of likely N-dealkylation sites (tertiary alicyclic amines) is 2. The maximum Gasteiger partial charge on any atom is 0.320 e. The summed E-state index contributed by atoms with van der Waals surface area (Å²) in [5, 5.41) is 0. The molecule has 0 aromatic heterocycles. The van der Waals surface area contributed by atoms with Crippen molar-refractivity contribution in [1.82, 2.24) is 9.80 Å². The van der Waals surface area contributed by atoms with Gasteiger partial charge in [-0.15, -0.1) is 0 Å². The van der Waals surface area contributed by atoms with Crippen LogP contribution in [0.3, 0.4) is 0 Å². The number of hydrogen-bond acceptors (Lipinski definition) is 4. The summed E-state index contributed by atoms with van der Waals surface area (Å²) in [4.78, 5) is 28.4. The van der Waals surface area contributed by atoms with Crippen molar-refractivity contribution in [2.45, 2.75) is 38.2 Å². The van der Waals surface area contributed by atoms with Gasteiger partial charge in [0.1, 0.15) is 18.2 Å². The summed E-state index contributed by atoms with van der Waals surface area (Å²) < 4.78 is 25.1. The first-order valence-electron chi connectivity index (χ1n) is 10.9. The van der Waals surface area contributed by atoms with E-state index in [2.05, 4.69) is 0 Å². The molecule has 1 aromatic rings. The number of hydrogen-bond donors (Lipinski definition) is 0. The molecule has 1 spiro atoms. The number of halogens is 1. The van der Waals surface area contributed by atoms with Gasteiger partial charge in [-0.2, -0.15) is 0 Å². The second kappa shape index (κ2) is 7.52. The molecular formula is C23H29FN2O4. The summed E-state index contributed by atoms with van der Waals surface area (Å²) in [5.74, 6) is 1.14. The fourth-order valence-corrected chi connectivity index (χ4v) is 6.03. The standard InChI is InChI=1S/C23H29FN2O4/c1-29-21-4-2-3-19(24)18(21)7-15-9-23(10-15)13-26(14-23)22(28)25-6-5-20-16(11-25)8-17(27)12-30-20/h2-4,15-16,20H,5-14H2,1H3/t16-,20+/m1/s1. The van der Waals surface area contributed by atoms with Crippen molar-refractivity contribution in [2.24, 2.45) is 17.3 Å². The summed E-state index contributed by atoms with van der Waals surface area (Å²) in [6, 6.07) is 5.07. The first-order valence-corrected chi connectivity index (χ1v) is 10.9. The topological polar surface area (TPSA) is 59.1 Å². The Balaban J connectivity index is 1.12. The molecule has 3 heterocycles. The second-order valence-electron chi connectivity index (χ2n) is 9.62. The molecule has 2 amide bonds. The van der Waals surface area contributed by atoms with Gasteiger partial charge in [0.15, 0.2) is 5.78 Å². The molecule has 0 radical (unpaired) electrons. The van der Waals surface area contributed by atoms with E-state index >= 15 is 0 Å². The fraction of sp³-hybridized carbons (Fsp3) is 0.652. The van der Waals surface area contributed by atoms with Crippen LogP contribution in [0.15, 0.2) is 18.2 Å². The Bertz CT molecular complexity index is 846. The van der Waals surface area contributed by atoms with Gasteiger partial charge in [0.25, 0.3) is 0 Å². The maximum absolute atomic E-state index is 14.2. The first-order chi connectivity index (χ1) is 14.5. The number of ketones is 1. The third-order valence-corrected chi connectivity index (χ3v) is 7.44. The Morgan fingerprint density at radius 2 is 2.10 bits per heavy atom. The molecule has 0 unspecified atom stereocenters. The van der Waals surface area contributed by atoms with E-state index in [4.69, 9.17) is 9.47 Å². The zero-order chi connectivity index (χ0) is 20.9. The van der Waals surface area contributed by atoms with E-state index in [-0.39, 0.29) is 41.7 Å². The molecule has 3 saturated heterocycles. The number of fused-ring (bicyclic) bond motifs is 1. The highest BCUT2D eigenvalue weighted by molar-refractivity contribution is 5.81. The van der Waals surface area contributed by atoms with Crippen LogP contribution in [0.2, 0.25) is 0 Å². The van der Waals surface area contributed by atoms with E-state index in [0.717, 1.165) is 32.4 Å². The lowest BCUT2D eigenvalue weighted by molar-refractivity contribution is -0.140. The number of methoxy groups -OCH3 is 1. The number of nitrogens with zero attached hydrogens (tertiary/aromatic N) is 2. The lowest BCUT2D eigenvalue weighted by Crippen LogP contribution is -2.66. The number of benzene rings is 1. The third-order valence-electron chi connectivity index (χ3n) is 7.44. The van der Waals surface area contributed by atoms with E-state index in [1.807, 2.05) is 15.9 Å². The summed E-state index contributed by atoms with van der Waals surface area (Å²) in [6.07, 6.45) is 4.21. The average molecular weight is 416 g/mol. The van der Waals surface area contributed by atoms with Crippen LogP contribution in [0, 0.1) is 23.1 Å². The number of carbonyl (C=O) groups is 2.